The van der Waals surface area contributed by atoms with E-state index >= 15 is 0 Å². The van der Waals surface area contributed by atoms with E-state index in [0.717, 1.165) is 38.3 Å². The molecule has 7 heteroatoms. The first kappa shape index (κ1) is 21.2. The molecule has 0 spiro atoms. The summed E-state index contributed by atoms with van der Waals surface area (Å²) in [6.07, 6.45) is 5.22. The van der Waals surface area contributed by atoms with Crippen molar-refractivity contribution in [3.8, 4) is 0 Å². The molecule has 0 saturated carbocycles. The van der Waals surface area contributed by atoms with Crippen LogP contribution in [-0.4, -0.2) is 63.3 Å². The highest BCUT2D eigenvalue weighted by atomic mass is 16.3. The van der Waals surface area contributed by atoms with Crippen molar-refractivity contribution in [3.05, 3.63) is 83.8 Å². The topological polar surface area (TPSA) is 65.7 Å². The lowest BCUT2D eigenvalue weighted by molar-refractivity contribution is 0.0746. The van der Waals surface area contributed by atoms with Crippen molar-refractivity contribution in [3.63, 3.8) is 0 Å². The van der Waals surface area contributed by atoms with Gasteiger partial charge in [-0.3, -0.25) is 19.6 Å². The molecule has 0 atom stereocenters. The van der Waals surface area contributed by atoms with Crippen molar-refractivity contribution in [2.24, 2.45) is 0 Å². The number of hydrogen-bond donors (Lipinski definition) is 0. The van der Waals surface area contributed by atoms with Crippen molar-refractivity contribution < 1.29 is 9.21 Å². The molecule has 3 heterocycles. The Kier molecular flexibility index (Phi) is 7.07. The quantitative estimate of drug-likeness (QED) is 0.559. The second kappa shape index (κ2) is 10.3. The molecule has 4 rings (SSSR count). The van der Waals surface area contributed by atoms with Gasteiger partial charge in [0.1, 0.15) is 6.26 Å². The maximum absolute atomic E-state index is 12.9. The Bertz CT molecular complexity index is 952. The molecule has 2 aromatic heterocycles. The van der Waals surface area contributed by atoms with Gasteiger partial charge >= 0.3 is 0 Å². The highest BCUT2D eigenvalue weighted by molar-refractivity contribution is 5.91. The van der Waals surface area contributed by atoms with E-state index in [1.807, 2.05) is 49.5 Å². The molecule has 1 fully saturated rings. The van der Waals surface area contributed by atoms with Gasteiger partial charge in [0.05, 0.1) is 6.54 Å². The third-order valence-corrected chi connectivity index (χ3v) is 5.61. The summed E-state index contributed by atoms with van der Waals surface area (Å²) in [4.78, 5) is 28.1. The number of benzene rings is 1. The lowest BCUT2D eigenvalue weighted by atomic mass is 10.2. The number of aromatic nitrogens is 2. The molecule has 7 nitrogen and oxygen atoms in total. The second-order valence-electron chi connectivity index (χ2n) is 7.84. The number of oxazole rings is 1. The van der Waals surface area contributed by atoms with E-state index in [4.69, 9.17) is 4.42 Å². The van der Waals surface area contributed by atoms with Crippen LogP contribution in [0.3, 0.4) is 0 Å². The first-order valence-corrected chi connectivity index (χ1v) is 10.8. The third kappa shape index (κ3) is 5.77. The average molecular weight is 420 g/mol. The van der Waals surface area contributed by atoms with Gasteiger partial charge in [-0.05, 0) is 24.1 Å². The number of piperazine rings is 1. The molecule has 31 heavy (non-hydrogen) atoms. The Morgan fingerprint density at radius 1 is 1.00 bits per heavy atom. The average Bonchev–Trinajstić information content (AvgIpc) is 3.28. The van der Waals surface area contributed by atoms with E-state index in [2.05, 4.69) is 25.8 Å². The van der Waals surface area contributed by atoms with E-state index in [9.17, 15) is 4.79 Å². The van der Waals surface area contributed by atoms with Gasteiger partial charge in [0.2, 0.25) is 5.89 Å². The fourth-order valence-electron chi connectivity index (χ4n) is 3.82. The van der Waals surface area contributed by atoms with E-state index < -0.39 is 0 Å². The van der Waals surface area contributed by atoms with E-state index in [1.54, 1.807) is 11.1 Å². The smallest absolute Gasteiger partial charge is 0.276 e. The molecule has 1 aliphatic rings. The number of carbonyl (C=O) groups is 1. The fourth-order valence-corrected chi connectivity index (χ4v) is 3.82. The minimum Gasteiger partial charge on any atom is -0.447 e. The molecule has 1 aliphatic heterocycles. The summed E-state index contributed by atoms with van der Waals surface area (Å²) in [7, 11) is 0. The number of amides is 1. The maximum Gasteiger partial charge on any atom is 0.276 e. The van der Waals surface area contributed by atoms with Gasteiger partial charge in [-0.15, -0.1) is 0 Å². The monoisotopic (exact) mass is 419 g/mol. The predicted octanol–water partition coefficient (Wildman–Crippen LogP) is 3.05. The van der Waals surface area contributed by atoms with Gasteiger partial charge in [-0.1, -0.05) is 36.4 Å². The van der Waals surface area contributed by atoms with Gasteiger partial charge in [0, 0.05) is 58.2 Å². The normalized spacial score (nSPS) is 15.1. The molecular weight excluding hydrogens is 390 g/mol. The molecular formula is C24H29N5O2. The Morgan fingerprint density at radius 2 is 1.71 bits per heavy atom. The summed E-state index contributed by atoms with van der Waals surface area (Å²) < 4.78 is 5.63. The zero-order valence-corrected chi connectivity index (χ0v) is 18.0. The van der Waals surface area contributed by atoms with Crippen molar-refractivity contribution in [1.82, 2.24) is 24.7 Å². The van der Waals surface area contributed by atoms with Crippen LogP contribution < -0.4 is 0 Å². The first-order valence-electron chi connectivity index (χ1n) is 10.8. The lowest BCUT2D eigenvalue weighted by Crippen LogP contribution is -2.45. The summed E-state index contributed by atoms with van der Waals surface area (Å²) in [5.41, 5.74) is 2.72. The minimum atomic E-state index is -0.0948. The molecule has 0 aliphatic carbocycles. The molecule has 3 aromatic rings. The van der Waals surface area contributed by atoms with Gasteiger partial charge in [-0.2, -0.15) is 0 Å². The van der Waals surface area contributed by atoms with E-state index in [-0.39, 0.29) is 5.91 Å². The second-order valence-corrected chi connectivity index (χ2v) is 7.84. The molecule has 0 radical (unpaired) electrons. The third-order valence-electron chi connectivity index (χ3n) is 5.61. The summed E-state index contributed by atoms with van der Waals surface area (Å²) in [5, 5.41) is 0. The summed E-state index contributed by atoms with van der Waals surface area (Å²) in [6.45, 7) is 8.58. The fraction of sp³-hybridized carbons (Fsp3) is 0.375. The van der Waals surface area contributed by atoms with Crippen LogP contribution in [-0.2, 0) is 19.6 Å². The summed E-state index contributed by atoms with van der Waals surface area (Å²) in [5.74, 6) is 0.502. The van der Waals surface area contributed by atoms with E-state index in [1.165, 1.54) is 11.8 Å². The summed E-state index contributed by atoms with van der Waals surface area (Å²) in [6, 6.07) is 14.1. The van der Waals surface area contributed by atoms with Crippen LogP contribution in [0.25, 0.3) is 0 Å². The summed E-state index contributed by atoms with van der Waals surface area (Å²) >= 11 is 0. The largest absolute Gasteiger partial charge is 0.447 e. The molecule has 162 valence electrons. The number of pyridine rings is 1. The minimum absolute atomic E-state index is 0.0948. The number of hydrogen-bond acceptors (Lipinski definition) is 6. The van der Waals surface area contributed by atoms with Gasteiger partial charge in [0.25, 0.3) is 5.91 Å². The molecule has 0 unspecified atom stereocenters. The molecule has 0 N–H and O–H groups in total. The van der Waals surface area contributed by atoms with E-state index in [0.29, 0.717) is 31.2 Å². The Balaban J connectivity index is 1.28. The predicted molar refractivity (Wildman–Crippen MR) is 118 cm³/mol. The van der Waals surface area contributed by atoms with Crippen LogP contribution in [0, 0.1) is 0 Å². The number of nitrogens with zero attached hydrogens (tertiary/aromatic N) is 5. The van der Waals surface area contributed by atoms with Crippen LogP contribution in [0.5, 0.6) is 0 Å². The van der Waals surface area contributed by atoms with Crippen LogP contribution >= 0.6 is 0 Å². The standard InChI is InChI=1S/C24H29N5O2/c1-2-29(17-20-7-4-3-5-8-20)24(30)22-19-31-23(26-22)18-28-13-11-27(12-14-28)16-21-9-6-10-25-15-21/h3-10,15,19H,2,11-14,16-18H2,1H3. The Hall–Kier alpha value is -3.03. The zero-order chi connectivity index (χ0) is 21.5. The highest BCUT2D eigenvalue weighted by Crippen LogP contribution is 2.14. The van der Waals surface area contributed by atoms with Gasteiger partial charge in [0.15, 0.2) is 5.69 Å². The van der Waals surface area contributed by atoms with Gasteiger partial charge in [-0.25, -0.2) is 4.98 Å². The SMILES string of the molecule is CCN(Cc1ccccc1)C(=O)c1coc(CN2CCN(Cc3cccnc3)CC2)n1. The first-order chi connectivity index (χ1) is 15.2. The Morgan fingerprint density at radius 3 is 2.39 bits per heavy atom. The van der Waals surface area contributed by atoms with Crippen LogP contribution in [0.1, 0.15) is 34.4 Å². The van der Waals surface area contributed by atoms with Crippen LogP contribution in [0.2, 0.25) is 0 Å². The molecule has 1 aromatic carbocycles. The van der Waals surface area contributed by atoms with Crippen molar-refractivity contribution in [2.75, 3.05) is 32.7 Å². The van der Waals surface area contributed by atoms with Crippen molar-refractivity contribution in [2.45, 2.75) is 26.6 Å². The molecule has 0 bridgehead atoms. The van der Waals surface area contributed by atoms with Crippen LogP contribution in [0.4, 0.5) is 0 Å². The van der Waals surface area contributed by atoms with Crippen molar-refractivity contribution >= 4 is 5.91 Å². The maximum atomic E-state index is 12.9. The van der Waals surface area contributed by atoms with Gasteiger partial charge < -0.3 is 9.32 Å². The zero-order valence-electron chi connectivity index (χ0n) is 18.0. The van der Waals surface area contributed by atoms with Crippen molar-refractivity contribution in [1.29, 1.82) is 0 Å². The highest BCUT2D eigenvalue weighted by Gasteiger charge is 2.22. The van der Waals surface area contributed by atoms with Crippen LogP contribution in [0.15, 0.2) is 65.5 Å². The molecule has 1 saturated heterocycles. The lowest BCUT2D eigenvalue weighted by Gasteiger charge is -2.33. The Labute approximate surface area is 183 Å². The molecule has 1 amide bonds. The number of rotatable bonds is 8. The number of carbonyl (C=O) groups excluding carboxylic acids is 1.